The number of Topliss-reactive ketones (excluding diaryl/α,β-unsaturated/α-hetero) is 1. The number of benzene rings is 1. The molecule has 2 atom stereocenters. The Labute approximate surface area is 226 Å². The van der Waals surface area contributed by atoms with E-state index in [0.29, 0.717) is 19.4 Å². The Balaban J connectivity index is 1.46. The number of carbonyl (C=O) groups excluding carboxylic acids is 2. The van der Waals surface area contributed by atoms with Crippen molar-refractivity contribution in [1.29, 1.82) is 0 Å². The van der Waals surface area contributed by atoms with Crippen molar-refractivity contribution in [2.45, 2.75) is 37.6 Å². The van der Waals surface area contributed by atoms with Crippen LogP contribution in [-0.2, 0) is 25.0 Å². The molecule has 4 heterocycles. The van der Waals surface area contributed by atoms with Crippen LogP contribution >= 0.6 is 0 Å². The van der Waals surface area contributed by atoms with E-state index in [1.807, 2.05) is 13.8 Å². The number of nitrogens with zero attached hydrogens (tertiary/aromatic N) is 4. The highest BCUT2D eigenvalue weighted by atomic mass is 32.2. The molecular weight excluding hydrogens is 546 g/mol. The molecule has 5 rings (SSSR count). The lowest BCUT2D eigenvalue weighted by Crippen LogP contribution is -2.51. The number of nitrogens with two attached hydrogens (primary N) is 1. The van der Waals surface area contributed by atoms with Crippen LogP contribution in [0, 0.1) is 11.8 Å². The molecule has 13 nitrogen and oxygen atoms in total. The number of nitrogens with one attached hydrogen (secondary N) is 2. The average molecular weight is 576 g/mol. The lowest BCUT2D eigenvalue weighted by molar-refractivity contribution is -0.119. The van der Waals surface area contributed by atoms with Crippen LogP contribution in [0.5, 0.6) is 0 Å². The van der Waals surface area contributed by atoms with Crippen molar-refractivity contribution >= 4 is 55.0 Å². The van der Waals surface area contributed by atoms with Crippen molar-refractivity contribution in [3.05, 3.63) is 42.1 Å². The number of fused-ring (bicyclic) bond motifs is 2. The summed E-state index contributed by atoms with van der Waals surface area (Å²) in [4.78, 5) is 32.3. The Bertz CT molecular complexity index is 1590. The first kappa shape index (κ1) is 27.2. The molecule has 15 heteroatoms. The van der Waals surface area contributed by atoms with E-state index in [1.54, 1.807) is 12.1 Å². The Morgan fingerprint density at radius 1 is 1.23 bits per heavy atom. The van der Waals surface area contributed by atoms with E-state index in [4.69, 9.17) is 5.73 Å². The maximum atomic E-state index is 13.6. The molecule has 2 unspecified atom stereocenters. The van der Waals surface area contributed by atoms with Crippen molar-refractivity contribution in [3.63, 3.8) is 0 Å². The quantitative estimate of drug-likeness (QED) is 0.408. The van der Waals surface area contributed by atoms with Crippen molar-refractivity contribution in [1.82, 2.24) is 9.29 Å². The number of amidine groups is 1. The van der Waals surface area contributed by atoms with Gasteiger partial charge < -0.3 is 11.1 Å². The molecule has 3 aliphatic heterocycles. The van der Waals surface area contributed by atoms with Gasteiger partial charge in [-0.3, -0.25) is 19.2 Å². The fourth-order valence-electron chi connectivity index (χ4n) is 4.73. The van der Waals surface area contributed by atoms with Gasteiger partial charge in [0.1, 0.15) is 16.5 Å². The summed E-state index contributed by atoms with van der Waals surface area (Å²) in [5, 5.41) is 2.83. The molecule has 39 heavy (non-hydrogen) atoms. The molecule has 0 bridgehead atoms. The number of ketones is 1. The van der Waals surface area contributed by atoms with E-state index in [9.17, 15) is 26.4 Å². The summed E-state index contributed by atoms with van der Waals surface area (Å²) in [6, 6.07) is 6.74. The van der Waals surface area contributed by atoms with Crippen molar-refractivity contribution in [2.75, 3.05) is 34.6 Å². The summed E-state index contributed by atoms with van der Waals surface area (Å²) < 4.78 is 59.2. The molecule has 1 aromatic carbocycles. The van der Waals surface area contributed by atoms with E-state index >= 15 is 0 Å². The first-order valence-corrected chi connectivity index (χ1v) is 15.4. The molecule has 1 saturated heterocycles. The number of rotatable bonds is 7. The van der Waals surface area contributed by atoms with Gasteiger partial charge in [-0.1, -0.05) is 13.8 Å². The Kier molecular flexibility index (Phi) is 6.95. The normalized spacial score (nSPS) is 22.8. The molecule has 0 spiro atoms. The van der Waals surface area contributed by atoms with Gasteiger partial charge >= 0.3 is 10.2 Å². The van der Waals surface area contributed by atoms with Gasteiger partial charge in [0.05, 0.1) is 16.9 Å². The molecule has 4 N–H and O–H groups in total. The summed E-state index contributed by atoms with van der Waals surface area (Å²) in [5.74, 6) is -2.55. The van der Waals surface area contributed by atoms with E-state index in [2.05, 4.69) is 19.4 Å². The zero-order valence-corrected chi connectivity index (χ0v) is 23.0. The third kappa shape index (κ3) is 5.14. The molecule has 0 radical (unpaired) electrons. The Morgan fingerprint density at radius 2 is 2.00 bits per heavy atom. The second-order valence-electron chi connectivity index (χ2n) is 10.1. The van der Waals surface area contributed by atoms with Gasteiger partial charge in [0, 0.05) is 31.9 Å². The van der Waals surface area contributed by atoms with E-state index in [0.717, 1.165) is 6.07 Å². The first-order valence-electron chi connectivity index (χ1n) is 12.5. The van der Waals surface area contributed by atoms with Gasteiger partial charge in [-0.15, -0.1) is 4.40 Å². The van der Waals surface area contributed by atoms with Crippen LogP contribution in [0.25, 0.3) is 0 Å². The highest BCUT2D eigenvalue weighted by Crippen LogP contribution is 2.35. The predicted octanol–water partition coefficient (Wildman–Crippen LogP) is 1.18. The van der Waals surface area contributed by atoms with Crippen molar-refractivity contribution in [3.8, 4) is 0 Å². The summed E-state index contributed by atoms with van der Waals surface area (Å²) in [6.07, 6.45) is 2.66. The monoisotopic (exact) mass is 575 g/mol. The standard InChI is InChI=1S/C24H29N7O6S2/c1-14(2)7-11-31-23-17(4-3-9-26-23)21(32)20(24(31)33)22-27-18-6-5-16(12-19(18)38(34,35)29-22)28-39(36,37)30-10-8-15(25)13-30/h3-6,9,12,14-15,20,28H,7-8,10-11,13,25H2,1-2H3,(H,27,29). The lowest BCUT2D eigenvalue weighted by atomic mass is 9.90. The zero-order chi connectivity index (χ0) is 28.1. The number of hydrogen-bond donors (Lipinski definition) is 3. The van der Waals surface area contributed by atoms with E-state index in [1.165, 1.54) is 27.5 Å². The van der Waals surface area contributed by atoms with E-state index < -0.39 is 37.8 Å². The van der Waals surface area contributed by atoms with Crippen LogP contribution in [-0.4, -0.2) is 69.3 Å². The maximum Gasteiger partial charge on any atom is 0.301 e. The smallest absolute Gasteiger partial charge is 0.301 e. The number of anilines is 3. The van der Waals surface area contributed by atoms with Crippen LogP contribution < -0.4 is 20.7 Å². The van der Waals surface area contributed by atoms with Crippen LogP contribution in [0.3, 0.4) is 0 Å². The van der Waals surface area contributed by atoms with Gasteiger partial charge in [-0.2, -0.15) is 21.1 Å². The Morgan fingerprint density at radius 3 is 2.69 bits per heavy atom. The minimum absolute atomic E-state index is 0.0166. The zero-order valence-electron chi connectivity index (χ0n) is 21.4. The first-order chi connectivity index (χ1) is 18.4. The second kappa shape index (κ2) is 9.97. The van der Waals surface area contributed by atoms with Crippen LogP contribution in [0.4, 0.5) is 17.2 Å². The highest BCUT2D eigenvalue weighted by molar-refractivity contribution is 7.91. The fraction of sp³-hybridized carbons (Fsp3) is 0.417. The number of carbonyl (C=O) groups is 2. The number of hydrogen-bond acceptors (Lipinski definition) is 9. The van der Waals surface area contributed by atoms with E-state index in [-0.39, 0.29) is 58.5 Å². The molecule has 3 aliphatic rings. The van der Waals surface area contributed by atoms with Gasteiger partial charge in [0.2, 0.25) is 5.91 Å². The van der Waals surface area contributed by atoms with Crippen molar-refractivity contribution < 1.29 is 26.4 Å². The Hall–Kier alpha value is -3.40. The minimum atomic E-state index is -4.40. The summed E-state index contributed by atoms with van der Waals surface area (Å²) in [5.41, 5.74) is 6.09. The fourth-order valence-corrected chi connectivity index (χ4v) is 7.20. The van der Waals surface area contributed by atoms with Crippen LogP contribution in [0.15, 0.2) is 45.8 Å². The minimum Gasteiger partial charge on any atom is -0.341 e. The average Bonchev–Trinajstić information content (AvgIpc) is 3.31. The molecular formula is C24H29N7O6S2. The highest BCUT2D eigenvalue weighted by Gasteiger charge is 2.45. The molecule has 0 aliphatic carbocycles. The number of pyridine rings is 1. The second-order valence-corrected chi connectivity index (χ2v) is 13.4. The van der Waals surface area contributed by atoms with Crippen LogP contribution in [0.1, 0.15) is 37.0 Å². The molecule has 2 aromatic rings. The largest absolute Gasteiger partial charge is 0.341 e. The number of amides is 1. The van der Waals surface area contributed by atoms with Gasteiger partial charge in [-0.25, -0.2) is 4.98 Å². The van der Waals surface area contributed by atoms with Crippen molar-refractivity contribution in [2.24, 2.45) is 22.0 Å². The van der Waals surface area contributed by atoms with Gasteiger partial charge in [0.25, 0.3) is 10.0 Å². The molecule has 208 valence electrons. The molecule has 1 aromatic heterocycles. The number of sulfonamides is 1. The third-order valence-corrected chi connectivity index (χ3v) is 9.64. The maximum absolute atomic E-state index is 13.6. The topological polar surface area (TPSA) is 184 Å². The molecule has 0 saturated carbocycles. The van der Waals surface area contributed by atoms with Gasteiger partial charge in [-0.05, 0) is 49.1 Å². The predicted molar refractivity (Wildman–Crippen MR) is 145 cm³/mol. The third-order valence-electron chi connectivity index (χ3n) is 6.80. The van der Waals surface area contributed by atoms with Gasteiger partial charge in [0.15, 0.2) is 11.7 Å². The SMILES string of the molecule is CC(C)CCN1C(=O)C(C2=NS(=O)(=O)c3cc(NS(=O)(=O)N4CCC(N)C4)ccc3N2)C(=O)c2cccnc21. The summed E-state index contributed by atoms with van der Waals surface area (Å²) >= 11 is 0. The summed E-state index contributed by atoms with van der Waals surface area (Å²) in [6.45, 7) is 4.71. The number of aromatic nitrogens is 1. The van der Waals surface area contributed by atoms with Crippen LogP contribution in [0.2, 0.25) is 0 Å². The lowest BCUT2D eigenvalue weighted by Gasteiger charge is -2.34. The molecule has 1 fully saturated rings. The molecule has 1 amide bonds. The summed E-state index contributed by atoms with van der Waals surface area (Å²) in [7, 11) is -8.34.